The Morgan fingerprint density at radius 3 is 1.05 bits per heavy atom. The fraction of sp³-hybridized carbons (Fsp3) is 0. The van der Waals surface area contributed by atoms with E-state index in [0.29, 0.717) is 0 Å². The fourth-order valence-corrected chi connectivity index (χ4v) is 5.14. The molecule has 5 heteroatoms. The first-order valence-corrected chi connectivity index (χ1v) is 13.7. The van der Waals surface area contributed by atoms with Gasteiger partial charge in [0.15, 0.2) is 0 Å². The molecule has 0 bridgehead atoms. The molecule has 3 nitrogen and oxygen atoms in total. The SMILES string of the molecule is c1ccc(N(c2ccccc2)c2ccccc2)cc1.c1ccc2scnc2c1.c1ccc2scnc2c1. The van der Waals surface area contributed by atoms with E-state index >= 15 is 0 Å². The summed E-state index contributed by atoms with van der Waals surface area (Å²) >= 11 is 3.35. The Bertz CT molecular complexity index is 1410. The van der Waals surface area contributed by atoms with Crippen molar-refractivity contribution in [3.63, 3.8) is 0 Å². The molecular formula is C32H25N3S2. The number of thiazole rings is 2. The first-order chi connectivity index (χ1) is 18.4. The maximum atomic E-state index is 4.14. The second-order valence-electron chi connectivity index (χ2n) is 7.98. The Morgan fingerprint density at radius 2 is 0.703 bits per heavy atom. The van der Waals surface area contributed by atoms with Gasteiger partial charge in [-0.25, -0.2) is 9.97 Å². The largest absolute Gasteiger partial charge is 0.311 e. The van der Waals surface area contributed by atoms with Gasteiger partial charge in [0, 0.05) is 17.1 Å². The number of nitrogens with zero attached hydrogens (tertiary/aromatic N) is 3. The first-order valence-electron chi connectivity index (χ1n) is 11.9. The van der Waals surface area contributed by atoms with Gasteiger partial charge in [-0.05, 0) is 60.7 Å². The van der Waals surface area contributed by atoms with Gasteiger partial charge in [-0.3, -0.25) is 0 Å². The molecule has 180 valence electrons. The van der Waals surface area contributed by atoms with Crippen molar-refractivity contribution >= 4 is 60.2 Å². The lowest BCUT2D eigenvalue weighted by Gasteiger charge is -2.25. The molecule has 0 aliphatic rings. The van der Waals surface area contributed by atoms with E-state index in [4.69, 9.17) is 0 Å². The zero-order chi connectivity index (χ0) is 25.1. The summed E-state index contributed by atoms with van der Waals surface area (Å²) < 4.78 is 2.52. The molecule has 0 saturated heterocycles. The van der Waals surface area contributed by atoms with E-state index in [-0.39, 0.29) is 0 Å². The van der Waals surface area contributed by atoms with Crippen molar-refractivity contribution in [1.82, 2.24) is 9.97 Å². The van der Waals surface area contributed by atoms with Crippen LogP contribution in [0.1, 0.15) is 0 Å². The monoisotopic (exact) mass is 515 g/mol. The van der Waals surface area contributed by atoms with Gasteiger partial charge in [-0.1, -0.05) is 78.9 Å². The minimum atomic E-state index is 1.10. The summed E-state index contributed by atoms with van der Waals surface area (Å²) in [7, 11) is 0. The van der Waals surface area contributed by atoms with Crippen LogP contribution in [0.4, 0.5) is 17.1 Å². The van der Waals surface area contributed by atoms with Gasteiger partial charge in [0.2, 0.25) is 0 Å². The molecule has 0 fully saturated rings. The van der Waals surface area contributed by atoms with Gasteiger partial charge in [0.05, 0.1) is 31.5 Å². The highest BCUT2D eigenvalue weighted by Gasteiger charge is 2.10. The van der Waals surface area contributed by atoms with Crippen LogP contribution in [0, 0.1) is 0 Å². The zero-order valence-corrected chi connectivity index (χ0v) is 21.7. The number of fused-ring (bicyclic) bond motifs is 2. The van der Waals surface area contributed by atoms with Crippen LogP contribution in [0.2, 0.25) is 0 Å². The molecule has 0 unspecified atom stereocenters. The minimum absolute atomic E-state index is 1.10. The van der Waals surface area contributed by atoms with Crippen LogP contribution in [0.15, 0.2) is 151 Å². The van der Waals surface area contributed by atoms with Crippen LogP contribution in [-0.4, -0.2) is 9.97 Å². The highest BCUT2D eigenvalue weighted by Crippen LogP contribution is 2.33. The highest BCUT2D eigenvalue weighted by atomic mass is 32.1. The van der Waals surface area contributed by atoms with Crippen molar-refractivity contribution in [1.29, 1.82) is 0 Å². The summed E-state index contributed by atoms with van der Waals surface area (Å²) in [6.07, 6.45) is 0. The van der Waals surface area contributed by atoms with Crippen LogP contribution >= 0.6 is 22.7 Å². The van der Waals surface area contributed by atoms with E-state index in [1.165, 1.54) is 26.5 Å². The summed E-state index contributed by atoms with van der Waals surface area (Å²) in [5.74, 6) is 0. The molecule has 0 N–H and O–H groups in total. The van der Waals surface area contributed by atoms with E-state index in [0.717, 1.165) is 11.0 Å². The van der Waals surface area contributed by atoms with Crippen molar-refractivity contribution in [2.45, 2.75) is 0 Å². The molecule has 5 aromatic carbocycles. The van der Waals surface area contributed by atoms with E-state index in [1.807, 2.05) is 65.6 Å². The topological polar surface area (TPSA) is 29.0 Å². The molecule has 0 atom stereocenters. The molecule has 2 aromatic heterocycles. The van der Waals surface area contributed by atoms with Crippen LogP contribution in [0.25, 0.3) is 20.4 Å². The third kappa shape index (κ3) is 6.47. The van der Waals surface area contributed by atoms with Crippen molar-refractivity contribution in [2.75, 3.05) is 4.90 Å². The van der Waals surface area contributed by atoms with Crippen molar-refractivity contribution in [3.8, 4) is 0 Å². The zero-order valence-electron chi connectivity index (χ0n) is 20.1. The molecule has 0 saturated carbocycles. The number of rotatable bonds is 3. The summed E-state index contributed by atoms with van der Waals surface area (Å²) in [6.45, 7) is 0. The van der Waals surface area contributed by atoms with Gasteiger partial charge in [-0.15, -0.1) is 22.7 Å². The lowest BCUT2D eigenvalue weighted by molar-refractivity contribution is 1.28. The second kappa shape index (κ2) is 12.6. The van der Waals surface area contributed by atoms with E-state index in [1.54, 1.807) is 22.7 Å². The summed E-state index contributed by atoms with van der Waals surface area (Å²) in [4.78, 5) is 10.5. The van der Waals surface area contributed by atoms with Crippen molar-refractivity contribution < 1.29 is 0 Å². The number of hydrogen-bond acceptors (Lipinski definition) is 5. The molecule has 37 heavy (non-hydrogen) atoms. The van der Waals surface area contributed by atoms with E-state index < -0.39 is 0 Å². The Balaban J connectivity index is 0.000000129. The van der Waals surface area contributed by atoms with Gasteiger partial charge >= 0.3 is 0 Å². The average Bonchev–Trinajstić information content (AvgIpc) is 3.66. The number of aromatic nitrogens is 2. The molecule has 0 aliphatic heterocycles. The van der Waals surface area contributed by atoms with Crippen molar-refractivity contribution in [3.05, 3.63) is 151 Å². The summed E-state index contributed by atoms with van der Waals surface area (Å²) in [5.41, 5.74) is 9.43. The van der Waals surface area contributed by atoms with E-state index in [9.17, 15) is 0 Å². The number of para-hydroxylation sites is 5. The number of anilines is 3. The van der Waals surface area contributed by atoms with Crippen LogP contribution in [0.5, 0.6) is 0 Å². The standard InChI is InChI=1S/C18H15N.2C7H5NS/c1-4-10-16(11-5-1)19(17-12-6-2-7-13-17)18-14-8-3-9-15-18;2*1-2-4-7-6(3-1)8-5-9-7/h1-15H;2*1-5H. The molecule has 0 aliphatic carbocycles. The van der Waals surface area contributed by atoms with Crippen LogP contribution in [-0.2, 0) is 0 Å². The number of benzene rings is 5. The fourth-order valence-electron chi connectivity index (χ4n) is 3.79. The molecular weight excluding hydrogens is 491 g/mol. The summed E-state index contributed by atoms with van der Waals surface area (Å²) in [5, 5.41) is 0. The second-order valence-corrected chi connectivity index (χ2v) is 9.75. The third-order valence-electron chi connectivity index (χ3n) is 5.52. The molecule has 7 rings (SSSR count). The minimum Gasteiger partial charge on any atom is -0.311 e. The maximum Gasteiger partial charge on any atom is 0.0812 e. The highest BCUT2D eigenvalue weighted by molar-refractivity contribution is 7.17. The predicted molar refractivity (Wildman–Crippen MR) is 160 cm³/mol. The van der Waals surface area contributed by atoms with E-state index in [2.05, 4.69) is 99.8 Å². The van der Waals surface area contributed by atoms with Gasteiger partial charge in [0.25, 0.3) is 0 Å². The Hall–Kier alpha value is -4.32. The molecule has 0 radical (unpaired) electrons. The van der Waals surface area contributed by atoms with Gasteiger partial charge in [-0.2, -0.15) is 0 Å². The normalized spacial score (nSPS) is 10.2. The van der Waals surface area contributed by atoms with Crippen LogP contribution in [0.3, 0.4) is 0 Å². The van der Waals surface area contributed by atoms with Gasteiger partial charge < -0.3 is 4.90 Å². The maximum absolute atomic E-state index is 4.14. The van der Waals surface area contributed by atoms with Gasteiger partial charge in [0.1, 0.15) is 0 Å². The molecule has 7 aromatic rings. The molecule has 0 spiro atoms. The Morgan fingerprint density at radius 1 is 0.378 bits per heavy atom. The Kier molecular flexibility index (Phi) is 8.29. The predicted octanol–water partition coefficient (Wildman–Crippen LogP) is 9.75. The smallest absolute Gasteiger partial charge is 0.0812 e. The molecule has 2 heterocycles. The quantitative estimate of drug-likeness (QED) is 0.234. The van der Waals surface area contributed by atoms with Crippen LogP contribution < -0.4 is 4.90 Å². The number of hydrogen-bond donors (Lipinski definition) is 0. The third-order valence-corrected chi connectivity index (χ3v) is 7.14. The lowest BCUT2D eigenvalue weighted by atomic mass is 10.2. The first kappa shape index (κ1) is 24.4. The summed E-state index contributed by atoms with van der Waals surface area (Å²) in [6, 6.07) is 47.5. The van der Waals surface area contributed by atoms with Crippen molar-refractivity contribution in [2.24, 2.45) is 0 Å². The average molecular weight is 516 g/mol. The molecule has 0 amide bonds. The Labute approximate surface area is 225 Å². The lowest BCUT2D eigenvalue weighted by Crippen LogP contribution is -2.09.